The highest BCUT2D eigenvalue weighted by Gasteiger charge is 2.23. The second kappa shape index (κ2) is 5.28. The van der Waals surface area contributed by atoms with Gasteiger partial charge in [-0.2, -0.15) is 0 Å². The van der Waals surface area contributed by atoms with Crippen molar-refractivity contribution in [3.05, 3.63) is 29.3 Å². The van der Waals surface area contributed by atoms with Crippen LogP contribution >= 0.6 is 0 Å². The molecule has 2 rings (SSSR count). The van der Waals surface area contributed by atoms with E-state index >= 15 is 0 Å². The average molecular weight is 259 g/mol. The lowest BCUT2D eigenvalue weighted by molar-refractivity contribution is 0.0500. The van der Waals surface area contributed by atoms with Crippen molar-refractivity contribution in [3.8, 4) is 0 Å². The minimum Gasteiger partial charge on any atom is -0.444 e. The van der Waals surface area contributed by atoms with Crippen LogP contribution in [0.1, 0.15) is 38.3 Å². The molecular weight excluding hydrogens is 237 g/mol. The number of alkyl carbamates (subject to hydrolysis) is 1. The molecule has 1 N–H and O–H groups in total. The molecule has 1 aliphatic carbocycles. The fraction of sp³-hybridized carbons (Fsp3) is 0.533. The van der Waals surface area contributed by atoms with Crippen LogP contribution in [0, 0.1) is 0 Å². The summed E-state index contributed by atoms with van der Waals surface area (Å²) in [6, 6.07) is 6.74. The molecule has 0 saturated carbocycles. The third kappa shape index (κ3) is 4.02. The number of carbonyl (C=O) groups excluding carboxylic acids is 1. The van der Waals surface area contributed by atoms with Crippen LogP contribution < -0.4 is 10.8 Å². The molecule has 19 heavy (non-hydrogen) atoms. The number of aryl methyl sites for hydroxylation is 1. The summed E-state index contributed by atoms with van der Waals surface area (Å²) in [4.78, 5) is 11.8. The summed E-state index contributed by atoms with van der Waals surface area (Å²) >= 11 is 0. The largest absolute Gasteiger partial charge is 0.444 e. The zero-order valence-electron chi connectivity index (χ0n) is 12.2. The van der Waals surface area contributed by atoms with Crippen molar-refractivity contribution < 1.29 is 9.53 Å². The Morgan fingerprint density at radius 3 is 2.79 bits per heavy atom. The smallest absolute Gasteiger partial charge is 0.407 e. The first kappa shape index (κ1) is 14.0. The molecule has 1 unspecified atom stereocenters. The molecule has 0 heterocycles. The highest BCUT2D eigenvalue weighted by Crippen LogP contribution is 2.20. The third-order valence-corrected chi connectivity index (χ3v) is 3.31. The average Bonchev–Trinajstić information content (AvgIpc) is 2.26. The van der Waals surface area contributed by atoms with Crippen LogP contribution in [0.15, 0.2) is 18.2 Å². The number of nitrogens with one attached hydrogen (secondary N) is 1. The van der Waals surface area contributed by atoms with Gasteiger partial charge in [0.15, 0.2) is 0 Å². The van der Waals surface area contributed by atoms with E-state index in [1.54, 1.807) is 0 Å². The number of benzene rings is 1. The number of amides is 1. The SMILES string of the molecule is Bc1ccc2c(c1)CCC(NC(=O)OC(C)(C)C)C2. The van der Waals surface area contributed by atoms with Gasteiger partial charge in [-0.3, -0.25) is 0 Å². The van der Waals surface area contributed by atoms with Gasteiger partial charge in [0.05, 0.1) is 0 Å². The maximum atomic E-state index is 11.8. The molecule has 1 aromatic rings. The molecule has 1 aliphatic rings. The van der Waals surface area contributed by atoms with E-state index < -0.39 is 5.60 Å². The first-order valence-corrected chi connectivity index (χ1v) is 6.91. The van der Waals surface area contributed by atoms with Crippen molar-refractivity contribution in [1.82, 2.24) is 5.32 Å². The molecule has 0 saturated heterocycles. The van der Waals surface area contributed by atoms with Crippen LogP contribution in [0.2, 0.25) is 0 Å². The van der Waals surface area contributed by atoms with Crippen molar-refractivity contribution in [3.63, 3.8) is 0 Å². The quantitative estimate of drug-likeness (QED) is 0.773. The van der Waals surface area contributed by atoms with Crippen LogP contribution in [0.3, 0.4) is 0 Å². The number of rotatable bonds is 1. The van der Waals surface area contributed by atoms with Crippen molar-refractivity contribution in [2.24, 2.45) is 0 Å². The van der Waals surface area contributed by atoms with Gasteiger partial charge in [0.25, 0.3) is 0 Å². The molecule has 0 aromatic heterocycles. The molecule has 0 radical (unpaired) electrons. The van der Waals surface area contributed by atoms with Crippen LogP contribution in [0.5, 0.6) is 0 Å². The molecule has 1 amide bonds. The molecule has 0 bridgehead atoms. The molecule has 4 heteroatoms. The molecule has 0 aliphatic heterocycles. The molecule has 1 aromatic carbocycles. The Labute approximate surface area is 116 Å². The summed E-state index contributed by atoms with van der Waals surface area (Å²) in [6.45, 7) is 5.64. The molecule has 0 spiro atoms. The molecule has 1 atom stereocenters. The fourth-order valence-corrected chi connectivity index (χ4v) is 2.48. The molecule has 0 fully saturated rings. The maximum Gasteiger partial charge on any atom is 0.407 e. The van der Waals surface area contributed by atoms with Crippen LogP contribution in [-0.2, 0) is 17.6 Å². The van der Waals surface area contributed by atoms with E-state index in [-0.39, 0.29) is 12.1 Å². The molecule has 102 valence electrons. The van der Waals surface area contributed by atoms with Gasteiger partial charge in [-0.25, -0.2) is 4.79 Å². The number of carbonyl (C=O) groups is 1. The number of hydrogen-bond acceptors (Lipinski definition) is 2. The number of hydrogen-bond donors (Lipinski definition) is 1. The fourth-order valence-electron chi connectivity index (χ4n) is 2.48. The van der Waals surface area contributed by atoms with Crippen molar-refractivity contribution in [2.45, 2.75) is 51.7 Å². The normalized spacial score (nSPS) is 18.6. The lowest BCUT2D eigenvalue weighted by Crippen LogP contribution is -2.42. The van der Waals surface area contributed by atoms with E-state index in [2.05, 4.69) is 31.4 Å². The van der Waals surface area contributed by atoms with Crippen molar-refractivity contribution in [2.75, 3.05) is 0 Å². The summed E-state index contributed by atoms with van der Waals surface area (Å²) in [5.41, 5.74) is 3.63. The second-order valence-corrected chi connectivity index (χ2v) is 6.36. The lowest BCUT2D eigenvalue weighted by atomic mass is 9.84. The predicted octanol–water partition coefficient (Wildman–Crippen LogP) is 1.33. The van der Waals surface area contributed by atoms with E-state index in [0.717, 1.165) is 19.3 Å². The Kier molecular flexibility index (Phi) is 3.88. The van der Waals surface area contributed by atoms with Crippen molar-refractivity contribution >= 4 is 19.4 Å². The zero-order valence-corrected chi connectivity index (χ0v) is 12.2. The molecular formula is C15H22BNO2. The summed E-state index contributed by atoms with van der Waals surface area (Å²) in [5, 5.41) is 2.97. The van der Waals surface area contributed by atoms with Gasteiger partial charge >= 0.3 is 6.09 Å². The van der Waals surface area contributed by atoms with E-state index in [9.17, 15) is 4.79 Å². The van der Waals surface area contributed by atoms with Gasteiger partial charge < -0.3 is 10.1 Å². The van der Waals surface area contributed by atoms with Gasteiger partial charge in [-0.15, -0.1) is 0 Å². The monoisotopic (exact) mass is 259 g/mol. The predicted molar refractivity (Wildman–Crippen MR) is 79.8 cm³/mol. The highest BCUT2D eigenvalue weighted by atomic mass is 16.6. The van der Waals surface area contributed by atoms with E-state index in [1.807, 2.05) is 20.8 Å². The summed E-state index contributed by atoms with van der Waals surface area (Å²) in [6.07, 6.45) is 2.59. The van der Waals surface area contributed by atoms with Crippen molar-refractivity contribution in [1.29, 1.82) is 0 Å². The standard InChI is InChI=1S/C15H22BNO2/c1-15(2,3)19-14(18)17-13-7-5-10-8-12(16)6-4-11(10)9-13/h4,6,8,13H,5,7,9,16H2,1-3H3,(H,17,18). The van der Waals surface area contributed by atoms with Gasteiger partial charge in [0, 0.05) is 6.04 Å². The van der Waals surface area contributed by atoms with Crippen LogP contribution in [0.25, 0.3) is 0 Å². The Morgan fingerprint density at radius 2 is 2.11 bits per heavy atom. The molecule has 3 nitrogen and oxygen atoms in total. The minimum absolute atomic E-state index is 0.185. The van der Waals surface area contributed by atoms with Gasteiger partial charge in [0.1, 0.15) is 13.4 Å². The first-order chi connectivity index (χ1) is 8.83. The topological polar surface area (TPSA) is 38.3 Å². The summed E-state index contributed by atoms with van der Waals surface area (Å²) < 4.78 is 5.30. The van der Waals surface area contributed by atoms with Gasteiger partial charge in [0.2, 0.25) is 0 Å². The highest BCUT2D eigenvalue weighted by molar-refractivity contribution is 6.32. The Bertz CT molecular complexity index is 480. The van der Waals surface area contributed by atoms with Crippen LogP contribution in [0.4, 0.5) is 4.79 Å². The van der Waals surface area contributed by atoms with E-state index in [0.29, 0.717) is 0 Å². The Morgan fingerprint density at radius 1 is 1.37 bits per heavy atom. The van der Waals surface area contributed by atoms with E-state index in [4.69, 9.17) is 4.74 Å². The van der Waals surface area contributed by atoms with E-state index in [1.165, 1.54) is 16.6 Å². The lowest BCUT2D eigenvalue weighted by Gasteiger charge is -2.27. The first-order valence-electron chi connectivity index (χ1n) is 6.91. The summed E-state index contributed by atoms with van der Waals surface area (Å²) in [7, 11) is 2.12. The maximum absolute atomic E-state index is 11.8. The van der Waals surface area contributed by atoms with Crippen LogP contribution in [-0.4, -0.2) is 25.6 Å². The Balaban J connectivity index is 1.95. The third-order valence-electron chi connectivity index (χ3n) is 3.31. The Hall–Kier alpha value is -1.45. The zero-order chi connectivity index (χ0) is 14.0. The number of ether oxygens (including phenoxy) is 1. The van der Waals surface area contributed by atoms with Gasteiger partial charge in [-0.05, 0) is 51.2 Å². The second-order valence-electron chi connectivity index (χ2n) is 6.36. The van der Waals surface area contributed by atoms with Gasteiger partial charge in [-0.1, -0.05) is 23.7 Å². The minimum atomic E-state index is -0.437. The summed E-state index contributed by atoms with van der Waals surface area (Å²) in [5.74, 6) is 0. The number of fused-ring (bicyclic) bond motifs is 1.